The lowest BCUT2D eigenvalue weighted by molar-refractivity contribution is -0.132. The zero-order chi connectivity index (χ0) is 31.9. The predicted molar refractivity (Wildman–Crippen MR) is 167 cm³/mol. The van der Waals surface area contributed by atoms with Gasteiger partial charge < -0.3 is 34.5 Å². The fourth-order valence-electron chi connectivity index (χ4n) is 3.85. The Hall–Kier alpha value is -3.13. The number of pyridine rings is 1. The van der Waals surface area contributed by atoms with Gasteiger partial charge in [-0.1, -0.05) is 38.7 Å². The van der Waals surface area contributed by atoms with Crippen LogP contribution in [-0.4, -0.2) is 130 Å². The first-order chi connectivity index (χ1) is 20.8. The number of aromatic carboxylic acids is 1. The van der Waals surface area contributed by atoms with E-state index in [1.807, 2.05) is 26.0 Å². The summed E-state index contributed by atoms with van der Waals surface area (Å²) >= 11 is 0. The number of nitrogens with zero attached hydrogens (tertiary/aromatic N) is 3. The van der Waals surface area contributed by atoms with E-state index in [0.29, 0.717) is 104 Å². The van der Waals surface area contributed by atoms with Crippen LogP contribution in [0.3, 0.4) is 0 Å². The highest BCUT2D eigenvalue weighted by atomic mass is 16.5. The van der Waals surface area contributed by atoms with E-state index in [-0.39, 0.29) is 11.3 Å². The Labute approximate surface area is 256 Å². The highest BCUT2D eigenvalue weighted by Gasteiger charge is 2.13. The van der Waals surface area contributed by atoms with Crippen LogP contribution in [0.25, 0.3) is 0 Å². The standard InChI is InChI=1S/C29H44N4O8.C2H6/c1-23(5-4-6-24(2)28(34)35)21-32-7-11-38-15-17-40-13-9-33(10-14-41-18-16-39-12-8-32)22-26-19-25(30-3)20-27(31-26)29(36)37;1-2/h4-6,19-20H,1,7-18,21-22H2,2-3H3,(H,30,31)(H,34,35)(H,36,37);1-2H3/b5-4-,24-6+;. The zero-order valence-electron chi connectivity index (χ0n) is 26.2. The maximum absolute atomic E-state index is 11.5. The van der Waals surface area contributed by atoms with E-state index in [9.17, 15) is 14.7 Å². The van der Waals surface area contributed by atoms with Crippen molar-refractivity contribution in [2.24, 2.45) is 0 Å². The minimum atomic E-state index is -1.07. The van der Waals surface area contributed by atoms with Crippen LogP contribution in [-0.2, 0) is 30.3 Å². The molecule has 2 rings (SSSR count). The molecular formula is C31H50N4O8. The zero-order valence-corrected chi connectivity index (χ0v) is 26.2. The van der Waals surface area contributed by atoms with Crippen molar-refractivity contribution >= 4 is 17.6 Å². The Balaban J connectivity index is 0.00000452. The lowest BCUT2D eigenvalue weighted by Crippen LogP contribution is -2.34. The monoisotopic (exact) mass is 606 g/mol. The van der Waals surface area contributed by atoms with Gasteiger partial charge in [-0.3, -0.25) is 9.80 Å². The summed E-state index contributed by atoms with van der Waals surface area (Å²) in [6.07, 6.45) is 5.05. The summed E-state index contributed by atoms with van der Waals surface area (Å²) in [5, 5.41) is 21.3. The van der Waals surface area contributed by atoms with Crippen LogP contribution in [0.4, 0.5) is 5.69 Å². The molecule has 0 aliphatic carbocycles. The number of hydrogen-bond donors (Lipinski definition) is 3. The van der Waals surface area contributed by atoms with Gasteiger partial charge in [-0.05, 0) is 24.6 Å². The van der Waals surface area contributed by atoms with Gasteiger partial charge in [0.05, 0.1) is 58.5 Å². The van der Waals surface area contributed by atoms with Crippen molar-refractivity contribution in [3.05, 3.63) is 59.5 Å². The molecule has 1 aliphatic heterocycles. The number of allylic oxidation sites excluding steroid dienone is 2. The Morgan fingerprint density at radius 3 is 1.88 bits per heavy atom. The molecule has 12 heteroatoms. The highest BCUT2D eigenvalue weighted by molar-refractivity contribution is 5.86. The number of carboxylic acid groups (broad SMARTS) is 2. The van der Waals surface area contributed by atoms with Crippen LogP contribution in [0.2, 0.25) is 0 Å². The molecule has 0 bridgehead atoms. The molecule has 0 unspecified atom stereocenters. The number of nitrogens with one attached hydrogen (secondary N) is 1. The number of aromatic nitrogens is 1. The lowest BCUT2D eigenvalue weighted by atomic mass is 10.2. The molecule has 1 aromatic rings. The molecule has 1 aliphatic rings. The van der Waals surface area contributed by atoms with E-state index < -0.39 is 11.9 Å². The number of anilines is 1. The van der Waals surface area contributed by atoms with E-state index in [1.54, 1.807) is 26.1 Å². The van der Waals surface area contributed by atoms with E-state index in [2.05, 4.69) is 26.7 Å². The molecule has 43 heavy (non-hydrogen) atoms. The first kappa shape index (κ1) is 37.9. The third-order valence-corrected chi connectivity index (χ3v) is 6.17. The Morgan fingerprint density at radius 2 is 1.42 bits per heavy atom. The van der Waals surface area contributed by atoms with E-state index >= 15 is 0 Å². The molecule has 2 heterocycles. The van der Waals surface area contributed by atoms with Crippen molar-refractivity contribution in [1.82, 2.24) is 14.8 Å². The third-order valence-electron chi connectivity index (χ3n) is 6.17. The normalized spacial score (nSPS) is 17.7. The SMILES string of the molecule is C=C(/C=C\C=C(/C)C(=O)O)CN1CCOCCOCCN(Cc2cc(NC)cc(C(=O)O)n2)CCOCCOCC1.CC. The van der Waals surface area contributed by atoms with Gasteiger partial charge in [0.15, 0.2) is 5.69 Å². The topological polar surface area (TPSA) is 143 Å². The smallest absolute Gasteiger partial charge is 0.354 e. The molecule has 1 saturated heterocycles. The molecule has 0 spiro atoms. The summed E-state index contributed by atoms with van der Waals surface area (Å²) < 4.78 is 23.1. The second-order valence-electron chi connectivity index (χ2n) is 9.46. The number of carbonyl (C=O) groups is 2. The summed E-state index contributed by atoms with van der Waals surface area (Å²) in [6, 6.07) is 3.35. The second-order valence-corrected chi connectivity index (χ2v) is 9.46. The fourth-order valence-corrected chi connectivity index (χ4v) is 3.85. The number of ether oxygens (including phenoxy) is 4. The largest absolute Gasteiger partial charge is 0.478 e. The van der Waals surface area contributed by atoms with Crippen LogP contribution in [0.1, 0.15) is 37.0 Å². The van der Waals surface area contributed by atoms with E-state index in [1.165, 1.54) is 6.07 Å². The van der Waals surface area contributed by atoms with Gasteiger partial charge in [0, 0.05) is 57.6 Å². The molecule has 1 fully saturated rings. The lowest BCUT2D eigenvalue weighted by Gasteiger charge is -2.24. The number of carboxylic acids is 2. The summed E-state index contributed by atoms with van der Waals surface area (Å²) in [6.45, 7) is 17.1. The van der Waals surface area contributed by atoms with Crippen molar-refractivity contribution in [1.29, 1.82) is 0 Å². The maximum Gasteiger partial charge on any atom is 0.354 e. The summed E-state index contributed by atoms with van der Waals surface area (Å²) in [7, 11) is 1.74. The van der Waals surface area contributed by atoms with Crippen molar-refractivity contribution in [3.63, 3.8) is 0 Å². The first-order valence-electron chi connectivity index (χ1n) is 14.7. The fraction of sp³-hybridized carbons (Fsp3) is 0.581. The Bertz CT molecular complexity index is 1010. The van der Waals surface area contributed by atoms with Crippen molar-refractivity contribution in [2.45, 2.75) is 27.3 Å². The molecule has 242 valence electrons. The minimum absolute atomic E-state index is 0.00245. The molecule has 0 saturated carbocycles. The van der Waals surface area contributed by atoms with Crippen LogP contribution in [0, 0.1) is 0 Å². The van der Waals surface area contributed by atoms with Crippen LogP contribution in [0.15, 0.2) is 48.1 Å². The van der Waals surface area contributed by atoms with Gasteiger partial charge in [0.1, 0.15) is 0 Å². The first-order valence-corrected chi connectivity index (χ1v) is 14.7. The van der Waals surface area contributed by atoms with Crippen molar-refractivity contribution in [3.8, 4) is 0 Å². The van der Waals surface area contributed by atoms with Gasteiger partial charge in [-0.25, -0.2) is 14.6 Å². The van der Waals surface area contributed by atoms with E-state index in [4.69, 9.17) is 24.1 Å². The summed E-state index contributed by atoms with van der Waals surface area (Å²) in [5.74, 6) is -2.02. The maximum atomic E-state index is 11.5. The number of aliphatic carboxylic acids is 1. The van der Waals surface area contributed by atoms with Gasteiger partial charge in [-0.15, -0.1) is 0 Å². The average molecular weight is 607 g/mol. The van der Waals surface area contributed by atoms with Gasteiger partial charge in [-0.2, -0.15) is 0 Å². The van der Waals surface area contributed by atoms with E-state index in [0.717, 1.165) is 5.57 Å². The summed E-state index contributed by atoms with van der Waals surface area (Å²) in [4.78, 5) is 31.0. The highest BCUT2D eigenvalue weighted by Crippen LogP contribution is 2.13. The Kier molecular flexibility index (Phi) is 20.6. The summed E-state index contributed by atoms with van der Waals surface area (Å²) in [5.41, 5.74) is 2.45. The van der Waals surface area contributed by atoms with Crippen LogP contribution in [0.5, 0.6) is 0 Å². The number of hydrogen-bond acceptors (Lipinski definition) is 10. The van der Waals surface area contributed by atoms with Gasteiger partial charge >= 0.3 is 11.9 Å². The van der Waals surface area contributed by atoms with Gasteiger partial charge in [0.2, 0.25) is 0 Å². The van der Waals surface area contributed by atoms with Crippen molar-refractivity contribution < 1.29 is 38.7 Å². The molecular weight excluding hydrogens is 556 g/mol. The Morgan fingerprint density at radius 1 is 0.907 bits per heavy atom. The van der Waals surface area contributed by atoms with Crippen LogP contribution >= 0.6 is 0 Å². The molecule has 0 atom stereocenters. The molecule has 0 radical (unpaired) electrons. The average Bonchev–Trinajstić information content (AvgIpc) is 2.99. The van der Waals surface area contributed by atoms with Crippen molar-refractivity contribution in [2.75, 3.05) is 97.9 Å². The second kappa shape index (κ2) is 23.3. The van der Waals surface area contributed by atoms with Gasteiger partial charge in [0.25, 0.3) is 0 Å². The third kappa shape index (κ3) is 17.6. The number of rotatable bonds is 9. The molecule has 12 nitrogen and oxygen atoms in total. The molecule has 1 aromatic heterocycles. The molecule has 0 amide bonds. The molecule has 0 aromatic carbocycles. The predicted octanol–water partition coefficient (Wildman–Crippen LogP) is 3.18. The minimum Gasteiger partial charge on any atom is -0.478 e. The van der Waals surface area contributed by atoms with Crippen LogP contribution < -0.4 is 5.32 Å². The quantitative estimate of drug-likeness (QED) is 0.281. The molecule has 3 N–H and O–H groups in total.